The van der Waals surface area contributed by atoms with Gasteiger partial charge in [-0.3, -0.25) is 4.79 Å². The standard InChI is InChI=1S/C17H23N5O2/c1-3-18-15-11-13(2)21-17(22-15)20-10-9-19-16(23)12-24-14-7-5-4-6-8-14/h4-8,11H,3,9-10,12H2,1-2H3,(H,19,23)(H2,18,20,21,22). The Morgan fingerprint density at radius 1 is 1.12 bits per heavy atom. The van der Waals surface area contributed by atoms with Gasteiger partial charge >= 0.3 is 0 Å². The molecule has 1 aromatic heterocycles. The second kappa shape index (κ2) is 9.34. The van der Waals surface area contributed by atoms with Gasteiger partial charge in [0.25, 0.3) is 5.91 Å². The number of hydrogen-bond acceptors (Lipinski definition) is 6. The fourth-order valence-electron chi connectivity index (χ4n) is 2.01. The fraction of sp³-hybridized carbons (Fsp3) is 0.353. The molecule has 2 rings (SSSR count). The predicted octanol–water partition coefficient (Wildman–Crippen LogP) is 1.82. The van der Waals surface area contributed by atoms with E-state index in [0.29, 0.717) is 24.8 Å². The van der Waals surface area contributed by atoms with Crippen LogP contribution in [-0.4, -0.2) is 42.1 Å². The van der Waals surface area contributed by atoms with Gasteiger partial charge in [-0.2, -0.15) is 4.98 Å². The van der Waals surface area contributed by atoms with Crippen molar-refractivity contribution in [1.29, 1.82) is 0 Å². The minimum Gasteiger partial charge on any atom is -0.484 e. The highest BCUT2D eigenvalue weighted by atomic mass is 16.5. The normalized spacial score (nSPS) is 10.1. The zero-order chi connectivity index (χ0) is 17.2. The highest BCUT2D eigenvalue weighted by Crippen LogP contribution is 2.09. The maximum atomic E-state index is 11.7. The van der Waals surface area contributed by atoms with Crippen molar-refractivity contribution in [2.75, 3.05) is 36.9 Å². The van der Waals surface area contributed by atoms with E-state index in [9.17, 15) is 4.79 Å². The number of rotatable bonds is 9. The Balaban J connectivity index is 1.68. The van der Waals surface area contributed by atoms with Gasteiger partial charge in [0.1, 0.15) is 11.6 Å². The van der Waals surface area contributed by atoms with Gasteiger partial charge in [-0.05, 0) is 26.0 Å². The van der Waals surface area contributed by atoms with E-state index in [1.165, 1.54) is 0 Å². The first-order chi connectivity index (χ1) is 11.7. The molecule has 0 saturated carbocycles. The first kappa shape index (κ1) is 17.5. The molecule has 3 N–H and O–H groups in total. The van der Waals surface area contributed by atoms with Gasteiger partial charge in [-0.15, -0.1) is 0 Å². The molecule has 0 atom stereocenters. The molecule has 0 spiro atoms. The van der Waals surface area contributed by atoms with Crippen LogP contribution in [0.1, 0.15) is 12.6 Å². The summed E-state index contributed by atoms with van der Waals surface area (Å²) >= 11 is 0. The lowest BCUT2D eigenvalue weighted by atomic mass is 10.3. The van der Waals surface area contributed by atoms with Crippen molar-refractivity contribution in [3.63, 3.8) is 0 Å². The number of carbonyl (C=O) groups is 1. The first-order valence-corrected chi connectivity index (χ1v) is 7.95. The third-order valence-corrected chi connectivity index (χ3v) is 3.06. The summed E-state index contributed by atoms with van der Waals surface area (Å²) in [7, 11) is 0. The third-order valence-electron chi connectivity index (χ3n) is 3.06. The van der Waals surface area contributed by atoms with E-state index >= 15 is 0 Å². The fourth-order valence-corrected chi connectivity index (χ4v) is 2.01. The molecule has 0 bridgehead atoms. The quantitative estimate of drug-likeness (QED) is 0.608. The third kappa shape index (κ3) is 6.12. The van der Waals surface area contributed by atoms with Gasteiger partial charge in [0.2, 0.25) is 5.95 Å². The summed E-state index contributed by atoms with van der Waals surface area (Å²) in [5.41, 5.74) is 0.878. The second-order valence-electron chi connectivity index (χ2n) is 5.13. The minimum absolute atomic E-state index is 0.00444. The molecule has 2 aromatic rings. The van der Waals surface area contributed by atoms with E-state index in [1.54, 1.807) is 0 Å². The molecule has 0 radical (unpaired) electrons. The Morgan fingerprint density at radius 2 is 1.92 bits per heavy atom. The van der Waals surface area contributed by atoms with E-state index in [1.807, 2.05) is 50.2 Å². The summed E-state index contributed by atoms with van der Waals surface area (Å²) in [5, 5.41) is 9.03. The van der Waals surface area contributed by atoms with Crippen LogP contribution in [0.2, 0.25) is 0 Å². The molecule has 24 heavy (non-hydrogen) atoms. The summed E-state index contributed by atoms with van der Waals surface area (Å²) in [5.74, 6) is 1.84. The van der Waals surface area contributed by atoms with Crippen LogP contribution < -0.4 is 20.7 Å². The van der Waals surface area contributed by atoms with Gasteiger partial charge in [0.05, 0.1) is 0 Å². The maximum Gasteiger partial charge on any atom is 0.258 e. The van der Waals surface area contributed by atoms with E-state index < -0.39 is 0 Å². The number of carbonyl (C=O) groups excluding carboxylic acids is 1. The first-order valence-electron chi connectivity index (χ1n) is 7.95. The smallest absolute Gasteiger partial charge is 0.258 e. The molecule has 0 unspecified atom stereocenters. The number of nitrogens with one attached hydrogen (secondary N) is 3. The van der Waals surface area contributed by atoms with Gasteiger partial charge in [-0.25, -0.2) is 4.98 Å². The zero-order valence-corrected chi connectivity index (χ0v) is 14.0. The number of ether oxygens (including phenoxy) is 1. The molecule has 1 heterocycles. The number of hydrogen-bond donors (Lipinski definition) is 3. The topological polar surface area (TPSA) is 88.2 Å². The molecular formula is C17H23N5O2. The molecule has 1 aromatic carbocycles. The summed E-state index contributed by atoms with van der Waals surface area (Å²) in [6.45, 7) is 5.72. The van der Waals surface area contributed by atoms with Crippen molar-refractivity contribution >= 4 is 17.7 Å². The zero-order valence-electron chi connectivity index (χ0n) is 14.0. The van der Waals surface area contributed by atoms with Crippen molar-refractivity contribution in [3.8, 4) is 5.75 Å². The lowest BCUT2D eigenvalue weighted by Gasteiger charge is -2.10. The van der Waals surface area contributed by atoms with E-state index in [0.717, 1.165) is 18.1 Å². The van der Waals surface area contributed by atoms with E-state index in [2.05, 4.69) is 25.9 Å². The average molecular weight is 329 g/mol. The highest BCUT2D eigenvalue weighted by Gasteiger charge is 2.03. The molecule has 7 nitrogen and oxygen atoms in total. The number of anilines is 2. The average Bonchev–Trinajstić information content (AvgIpc) is 2.58. The molecule has 0 fully saturated rings. The summed E-state index contributed by atoms with van der Waals surface area (Å²) in [4.78, 5) is 20.4. The van der Waals surface area contributed by atoms with Crippen molar-refractivity contribution in [2.45, 2.75) is 13.8 Å². The van der Waals surface area contributed by atoms with Crippen LogP contribution in [-0.2, 0) is 4.79 Å². The van der Waals surface area contributed by atoms with Crippen LogP contribution in [0, 0.1) is 6.92 Å². The molecule has 7 heteroatoms. The Bertz CT molecular complexity index is 649. The molecule has 0 saturated heterocycles. The maximum absolute atomic E-state index is 11.7. The summed E-state index contributed by atoms with van der Waals surface area (Å²) in [6.07, 6.45) is 0. The van der Waals surface area contributed by atoms with Crippen LogP contribution in [0.25, 0.3) is 0 Å². The van der Waals surface area contributed by atoms with Crippen LogP contribution in [0.3, 0.4) is 0 Å². The van der Waals surface area contributed by atoms with Crippen LogP contribution >= 0.6 is 0 Å². The van der Waals surface area contributed by atoms with Crippen molar-refractivity contribution in [1.82, 2.24) is 15.3 Å². The molecule has 128 valence electrons. The largest absolute Gasteiger partial charge is 0.484 e. The SMILES string of the molecule is CCNc1cc(C)nc(NCCNC(=O)COc2ccccc2)n1. The van der Waals surface area contributed by atoms with Gasteiger partial charge in [0.15, 0.2) is 6.61 Å². The number of para-hydroxylation sites is 1. The monoisotopic (exact) mass is 329 g/mol. The molecule has 0 aliphatic rings. The number of aryl methyl sites for hydroxylation is 1. The Morgan fingerprint density at radius 3 is 2.67 bits per heavy atom. The van der Waals surface area contributed by atoms with Gasteiger partial charge in [0, 0.05) is 31.4 Å². The second-order valence-corrected chi connectivity index (χ2v) is 5.13. The summed E-state index contributed by atoms with van der Waals surface area (Å²) in [6, 6.07) is 11.1. The van der Waals surface area contributed by atoms with E-state index in [-0.39, 0.29) is 12.5 Å². The highest BCUT2D eigenvalue weighted by molar-refractivity contribution is 5.77. The summed E-state index contributed by atoms with van der Waals surface area (Å²) < 4.78 is 5.38. The molecule has 0 aliphatic heterocycles. The number of benzene rings is 1. The number of nitrogens with zero attached hydrogens (tertiary/aromatic N) is 2. The van der Waals surface area contributed by atoms with Crippen molar-refractivity contribution in [2.24, 2.45) is 0 Å². The number of amides is 1. The predicted molar refractivity (Wildman–Crippen MR) is 94.4 cm³/mol. The molecule has 1 amide bonds. The lowest BCUT2D eigenvalue weighted by molar-refractivity contribution is -0.123. The van der Waals surface area contributed by atoms with Gasteiger partial charge in [-0.1, -0.05) is 18.2 Å². The lowest BCUT2D eigenvalue weighted by Crippen LogP contribution is -2.32. The van der Waals surface area contributed by atoms with Crippen molar-refractivity contribution < 1.29 is 9.53 Å². The van der Waals surface area contributed by atoms with E-state index in [4.69, 9.17) is 4.74 Å². The Hall–Kier alpha value is -2.83. The minimum atomic E-state index is -0.167. The van der Waals surface area contributed by atoms with Crippen molar-refractivity contribution in [3.05, 3.63) is 42.1 Å². The van der Waals surface area contributed by atoms with Gasteiger partial charge < -0.3 is 20.7 Å². The number of aromatic nitrogens is 2. The molecule has 0 aliphatic carbocycles. The Kier molecular flexibility index (Phi) is 6.82. The van der Waals surface area contributed by atoms with Crippen LogP contribution in [0.4, 0.5) is 11.8 Å². The van der Waals surface area contributed by atoms with Crippen LogP contribution in [0.15, 0.2) is 36.4 Å². The Labute approximate surface area is 141 Å². The molecular weight excluding hydrogens is 306 g/mol. The van der Waals surface area contributed by atoms with Crippen LogP contribution in [0.5, 0.6) is 5.75 Å².